The number of sulfonamides is 1. The van der Waals surface area contributed by atoms with E-state index in [9.17, 15) is 18.0 Å². The molecule has 0 aliphatic carbocycles. The summed E-state index contributed by atoms with van der Waals surface area (Å²) in [6.07, 6.45) is 0. The molecule has 0 fully saturated rings. The van der Waals surface area contributed by atoms with E-state index in [0.29, 0.717) is 23.7 Å². The molecule has 0 unspecified atom stereocenters. The fraction of sp³-hybridized carbons (Fsp3) is 0.200. The Kier molecular flexibility index (Phi) is 6.06. The van der Waals surface area contributed by atoms with Crippen LogP contribution >= 0.6 is 11.6 Å². The number of nitrogens with one attached hydrogen (secondary N) is 2. The molecule has 2 heterocycles. The molecule has 0 saturated heterocycles. The maximum atomic E-state index is 13.0. The van der Waals surface area contributed by atoms with E-state index in [4.69, 9.17) is 16.1 Å². The first-order valence-corrected chi connectivity index (χ1v) is 11.6. The Bertz CT molecular complexity index is 1500. The number of rotatable bonds is 7. The van der Waals surface area contributed by atoms with Gasteiger partial charge in [-0.2, -0.15) is 4.31 Å². The summed E-state index contributed by atoms with van der Waals surface area (Å²) in [5.41, 5.74) is 0.697. The van der Waals surface area contributed by atoms with Crippen LogP contribution in [0.3, 0.4) is 0 Å². The molecular formula is C20H18ClN5O6S. The lowest BCUT2D eigenvalue weighted by molar-refractivity contribution is 0.102. The summed E-state index contributed by atoms with van der Waals surface area (Å²) < 4.78 is 36.8. The van der Waals surface area contributed by atoms with Gasteiger partial charge in [0.1, 0.15) is 0 Å². The lowest BCUT2D eigenvalue weighted by Crippen LogP contribution is -2.30. The van der Waals surface area contributed by atoms with Crippen LogP contribution < -0.4 is 11.1 Å². The van der Waals surface area contributed by atoms with Gasteiger partial charge in [0, 0.05) is 23.7 Å². The van der Waals surface area contributed by atoms with Crippen LogP contribution in [0.2, 0.25) is 5.02 Å². The van der Waals surface area contributed by atoms with E-state index in [1.54, 1.807) is 13.8 Å². The fourth-order valence-corrected chi connectivity index (χ4v) is 4.96. The van der Waals surface area contributed by atoms with Crippen LogP contribution in [0.15, 0.2) is 55.1 Å². The van der Waals surface area contributed by atoms with Crippen LogP contribution in [-0.2, 0) is 10.0 Å². The number of halogens is 1. The molecule has 4 aromatic rings. The van der Waals surface area contributed by atoms with E-state index in [-0.39, 0.29) is 33.1 Å². The Morgan fingerprint density at radius 1 is 1.12 bits per heavy atom. The smallest absolute Gasteiger partial charge is 0.355 e. The third-order valence-electron chi connectivity index (χ3n) is 4.92. The van der Waals surface area contributed by atoms with Gasteiger partial charge < -0.3 is 9.84 Å². The Morgan fingerprint density at radius 3 is 2.55 bits per heavy atom. The quantitative estimate of drug-likeness (QED) is 0.400. The summed E-state index contributed by atoms with van der Waals surface area (Å²) >= 11 is 6.05. The minimum Gasteiger partial charge on any atom is -0.355 e. The number of carbonyl (C=O) groups is 1. The summed E-state index contributed by atoms with van der Waals surface area (Å²) in [4.78, 5) is 26.8. The lowest BCUT2D eigenvalue weighted by atomic mass is 10.1. The highest BCUT2D eigenvalue weighted by Gasteiger charge is 2.25. The average molecular weight is 492 g/mol. The molecule has 2 aromatic heterocycles. The van der Waals surface area contributed by atoms with E-state index < -0.39 is 21.7 Å². The van der Waals surface area contributed by atoms with Gasteiger partial charge in [-0.15, -0.1) is 0 Å². The number of hydrogen-bond acceptors (Lipinski definition) is 8. The van der Waals surface area contributed by atoms with Crippen LogP contribution in [0.5, 0.6) is 0 Å². The van der Waals surface area contributed by atoms with Crippen molar-refractivity contribution < 1.29 is 22.3 Å². The number of amides is 1. The number of benzene rings is 2. The van der Waals surface area contributed by atoms with Crippen LogP contribution in [0.4, 0.5) is 5.69 Å². The Labute approximate surface area is 192 Å². The molecule has 1 amide bonds. The highest BCUT2D eigenvalue weighted by Crippen LogP contribution is 2.30. The van der Waals surface area contributed by atoms with Crippen molar-refractivity contribution in [3.05, 3.63) is 57.7 Å². The van der Waals surface area contributed by atoms with Gasteiger partial charge in [0.05, 0.1) is 16.0 Å². The van der Waals surface area contributed by atoms with Gasteiger partial charge in [-0.25, -0.2) is 13.2 Å². The molecule has 172 valence electrons. The Hall–Kier alpha value is -3.48. The Balaban J connectivity index is 1.73. The van der Waals surface area contributed by atoms with Crippen molar-refractivity contribution in [3.8, 4) is 11.4 Å². The van der Waals surface area contributed by atoms with E-state index >= 15 is 0 Å². The van der Waals surface area contributed by atoms with Gasteiger partial charge in [0.25, 0.3) is 5.91 Å². The number of carbonyl (C=O) groups excluding carboxylic acids is 1. The van der Waals surface area contributed by atoms with Crippen molar-refractivity contribution in [1.82, 2.24) is 19.6 Å². The number of anilines is 1. The second-order valence-electron chi connectivity index (χ2n) is 6.87. The maximum Gasteiger partial charge on any atom is 0.439 e. The Morgan fingerprint density at radius 2 is 1.88 bits per heavy atom. The predicted octanol–water partition coefficient (Wildman–Crippen LogP) is 3.11. The zero-order valence-corrected chi connectivity index (χ0v) is 19.0. The second kappa shape index (κ2) is 8.81. The van der Waals surface area contributed by atoms with Gasteiger partial charge >= 0.3 is 5.76 Å². The third-order valence-corrected chi connectivity index (χ3v) is 7.21. The zero-order chi connectivity index (χ0) is 23.8. The fourth-order valence-electron chi connectivity index (χ4n) is 3.30. The number of nitrogens with zero attached hydrogens (tertiary/aromatic N) is 3. The molecule has 11 nitrogen and oxygen atoms in total. The number of H-pyrrole nitrogens is 1. The van der Waals surface area contributed by atoms with Gasteiger partial charge in [-0.3, -0.25) is 14.3 Å². The van der Waals surface area contributed by atoms with Crippen molar-refractivity contribution in [2.75, 3.05) is 18.4 Å². The molecule has 2 aromatic carbocycles. The monoisotopic (exact) mass is 491 g/mol. The van der Waals surface area contributed by atoms with Gasteiger partial charge in [-0.1, -0.05) is 35.8 Å². The molecule has 33 heavy (non-hydrogen) atoms. The topological polar surface area (TPSA) is 151 Å². The highest BCUT2D eigenvalue weighted by atomic mass is 35.5. The predicted molar refractivity (Wildman–Crippen MR) is 120 cm³/mol. The molecular weight excluding hydrogens is 474 g/mol. The lowest BCUT2D eigenvalue weighted by Gasteiger charge is -2.18. The number of aromatic nitrogens is 3. The van der Waals surface area contributed by atoms with Crippen LogP contribution in [0.25, 0.3) is 22.4 Å². The molecule has 13 heteroatoms. The molecule has 0 aliphatic heterocycles. The minimum atomic E-state index is -3.75. The van der Waals surface area contributed by atoms with Crippen LogP contribution in [-0.4, -0.2) is 47.0 Å². The molecule has 0 radical (unpaired) electrons. The van der Waals surface area contributed by atoms with Crippen LogP contribution in [0, 0.1) is 0 Å². The molecule has 0 bridgehead atoms. The van der Waals surface area contributed by atoms with Crippen molar-refractivity contribution >= 4 is 44.2 Å². The van der Waals surface area contributed by atoms with Gasteiger partial charge in [-0.05, 0) is 36.4 Å². The van der Waals surface area contributed by atoms with E-state index in [0.717, 1.165) is 0 Å². The third kappa shape index (κ3) is 4.27. The van der Waals surface area contributed by atoms with Gasteiger partial charge in [0.15, 0.2) is 17.1 Å². The highest BCUT2D eigenvalue weighted by molar-refractivity contribution is 7.89. The first-order valence-electron chi connectivity index (χ1n) is 9.81. The summed E-state index contributed by atoms with van der Waals surface area (Å²) in [6.45, 7) is 4.09. The molecule has 0 spiro atoms. The van der Waals surface area contributed by atoms with Crippen molar-refractivity contribution in [2.24, 2.45) is 0 Å². The number of fused-ring (bicyclic) bond motifs is 1. The SMILES string of the molecule is CCN(CC)S(=O)(=O)c1ccc2onc(C(=O)Nc3ccc(Cl)cc3-c3noc(=O)[nH]3)c2c1. The average Bonchev–Trinajstić information content (AvgIpc) is 3.41. The maximum absolute atomic E-state index is 13.0. The first-order chi connectivity index (χ1) is 15.7. The molecule has 0 saturated carbocycles. The zero-order valence-electron chi connectivity index (χ0n) is 17.5. The molecule has 2 N–H and O–H groups in total. The normalized spacial score (nSPS) is 11.9. The van der Waals surface area contributed by atoms with E-state index in [2.05, 4.69) is 25.1 Å². The largest absolute Gasteiger partial charge is 0.439 e. The summed E-state index contributed by atoms with van der Waals surface area (Å²) in [5.74, 6) is -1.37. The molecule has 0 aliphatic rings. The van der Waals surface area contributed by atoms with Crippen LogP contribution in [0.1, 0.15) is 24.3 Å². The summed E-state index contributed by atoms with van der Waals surface area (Å²) in [5, 5.41) is 10.7. The minimum absolute atomic E-state index is 0.0169. The summed E-state index contributed by atoms with van der Waals surface area (Å²) in [7, 11) is -3.75. The molecule has 0 atom stereocenters. The number of hydrogen-bond donors (Lipinski definition) is 2. The number of aromatic amines is 1. The van der Waals surface area contributed by atoms with E-state index in [1.807, 2.05) is 0 Å². The van der Waals surface area contributed by atoms with Crippen molar-refractivity contribution in [2.45, 2.75) is 18.7 Å². The first kappa shape index (κ1) is 22.7. The van der Waals surface area contributed by atoms with Crippen molar-refractivity contribution in [1.29, 1.82) is 0 Å². The standard InChI is InChI=1S/C20H18ClN5O6S/c1-3-26(4-2)33(29,30)12-6-8-16-14(10-12)17(24-31-16)19(27)22-15-7-5-11(21)9-13(15)18-23-20(28)32-25-18/h5-10H,3-4H2,1-2H3,(H,22,27)(H,23,25,28). The second-order valence-corrected chi connectivity index (χ2v) is 9.24. The van der Waals surface area contributed by atoms with Gasteiger partial charge in [0.2, 0.25) is 10.0 Å². The van der Waals surface area contributed by atoms with Crippen molar-refractivity contribution in [3.63, 3.8) is 0 Å². The van der Waals surface area contributed by atoms with E-state index in [1.165, 1.54) is 40.7 Å². The molecule has 4 rings (SSSR count). The summed E-state index contributed by atoms with van der Waals surface area (Å²) in [6, 6.07) is 8.74.